The summed E-state index contributed by atoms with van der Waals surface area (Å²) in [6, 6.07) is 7.53. The normalized spacial score (nSPS) is 10.8. The fourth-order valence-corrected chi connectivity index (χ4v) is 2.00. The molecule has 0 saturated carbocycles. The molecule has 0 radical (unpaired) electrons. The molecule has 1 N–H and O–H groups in total. The van der Waals surface area contributed by atoms with Gasteiger partial charge in [-0.3, -0.25) is 4.79 Å². The summed E-state index contributed by atoms with van der Waals surface area (Å²) in [5.41, 5.74) is 2.29. The van der Waals surface area contributed by atoms with Crippen LogP contribution in [0.15, 0.2) is 30.6 Å². The maximum absolute atomic E-state index is 10.9. The van der Waals surface area contributed by atoms with Crippen molar-refractivity contribution in [2.24, 2.45) is 0 Å². The van der Waals surface area contributed by atoms with E-state index in [4.69, 9.17) is 9.84 Å². The monoisotopic (exact) mass is 274 g/mol. The number of aromatic nitrogens is 2. The number of benzene rings is 1. The second kappa shape index (κ2) is 5.77. The maximum atomic E-state index is 10.9. The molecule has 0 unspecified atom stereocenters. The maximum Gasteiger partial charge on any atom is 0.309 e. The zero-order valence-electron chi connectivity index (χ0n) is 11.8. The average molecular weight is 274 g/mol. The number of hydrogen-bond acceptors (Lipinski definition) is 3. The Labute approximate surface area is 117 Å². The number of carboxylic acid groups (broad SMARTS) is 1. The van der Waals surface area contributed by atoms with Gasteiger partial charge in [0.25, 0.3) is 0 Å². The van der Waals surface area contributed by atoms with E-state index in [9.17, 15) is 4.79 Å². The highest BCUT2D eigenvalue weighted by Crippen LogP contribution is 2.19. The molecule has 1 aromatic carbocycles. The molecular formula is C15H18N2O3. The first-order valence-corrected chi connectivity index (χ1v) is 6.49. The highest BCUT2D eigenvalue weighted by molar-refractivity contribution is 5.70. The van der Waals surface area contributed by atoms with Gasteiger partial charge in [0, 0.05) is 5.69 Å². The van der Waals surface area contributed by atoms with Gasteiger partial charge in [-0.1, -0.05) is 0 Å². The average Bonchev–Trinajstić information content (AvgIpc) is 2.71. The van der Waals surface area contributed by atoms with Crippen LogP contribution in [0.5, 0.6) is 5.75 Å². The molecule has 106 valence electrons. The number of nitrogens with zero attached hydrogens (tertiary/aromatic N) is 2. The first-order chi connectivity index (χ1) is 9.47. The standard InChI is InChI=1S/C15H18N2O3/c1-10(2)20-13-6-4-12(5-7-13)17-9-16-11(3)14(17)8-15(18)19/h4-7,9-10H,8H2,1-3H3,(H,18,19). The molecule has 5 heteroatoms. The van der Waals surface area contributed by atoms with E-state index in [0.29, 0.717) is 5.69 Å². The molecule has 5 nitrogen and oxygen atoms in total. The lowest BCUT2D eigenvalue weighted by atomic mass is 10.2. The Kier molecular flexibility index (Phi) is 4.08. The van der Waals surface area contributed by atoms with Crippen LogP contribution in [0, 0.1) is 6.92 Å². The molecule has 0 bridgehead atoms. The van der Waals surface area contributed by atoms with E-state index in [2.05, 4.69) is 4.98 Å². The topological polar surface area (TPSA) is 64.4 Å². The van der Waals surface area contributed by atoms with Crippen LogP contribution in [0.1, 0.15) is 25.2 Å². The third-order valence-electron chi connectivity index (χ3n) is 2.88. The zero-order valence-corrected chi connectivity index (χ0v) is 11.8. The van der Waals surface area contributed by atoms with Crippen LogP contribution in [0.4, 0.5) is 0 Å². The summed E-state index contributed by atoms with van der Waals surface area (Å²) in [6.07, 6.45) is 1.72. The van der Waals surface area contributed by atoms with Gasteiger partial charge >= 0.3 is 5.97 Å². The third kappa shape index (κ3) is 3.17. The fraction of sp³-hybridized carbons (Fsp3) is 0.333. The summed E-state index contributed by atoms with van der Waals surface area (Å²) in [7, 11) is 0. The molecule has 0 saturated heterocycles. The fourth-order valence-electron chi connectivity index (χ4n) is 2.00. The van der Waals surface area contributed by atoms with Crippen molar-refractivity contribution in [2.75, 3.05) is 0 Å². The van der Waals surface area contributed by atoms with E-state index in [1.54, 1.807) is 10.9 Å². The number of carbonyl (C=O) groups is 1. The summed E-state index contributed by atoms with van der Waals surface area (Å²) in [6.45, 7) is 5.75. The summed E-state index contributed by atoms with van der Waals surface area (Å²) < 4.78 is 7.38. The van der Waals surface area contributed by atoms with E-state index in [-0.39, 0.29) is 12.5 Å². The molecule has 0 aliphatic rings. The van der Waals surface area contributed by atoms with Crippen LogP contribution >= 0.6 is 0 Å². The number of imidazole rings is 1. The van der Waals surface area contributed by atoms with Crippen LogP contribution in [0.3, 0.4) is 0 Å². The molecule has 2 aromatic rings. The molecule has 0 spiro atoms. The number of hydrogen-bond donors (Lipinski definition) is 1. The predicted molar refractivity (Wildman–Crippen MR) is 75.4 cm³/mol. The second-order valence-electron chi connectivity index (χ2n) is 4.88. The predicted octanol–water partition coefficient (Wildman–Crippen LogP) is 2.60. The Morgan fingerprint density at radius 3 is 2.55 bits per heavy atom. The summed E-state index contributed by atoms with van der Waals surface area (Å²) in [5.74, 6) is -0.0741. The van der Waals surface area contributed by atoms with E-state index < -0.39 is 5.97 Å². The van der Waals surface area contributed by atoms with Gasteiger partial charge in [-0.05, 0) is 45.0 Å². The second-order valence-corrected chi connectivity index (χ2v) is 4.88. The van der Waals surface area contributed by atoms with E-state index >= 15 is 0 Å². The smallest absolute Gasteiger partial charge is 0.309 e. The van der Waals surface area contributed by atoms with Crippen molar-refractivity contribution in [3.8, 4) is 11.4 Å². The van der Waals surface area contributed by atoms with Crippen LogP contribution < -0.4 is 4.74 Å². The van der Waals surface area contributed by atoms with Gasteiger partial charge in [-0.15, -0.1) is 0 Å². The largest absolute Gasteiger partial charge is 0.491 e. The minimum Gasteiger partial charge on any atom is -0.491 e. The van der Waals surface area contributed by atoms with Crippen LogP contribution in [-0.4, -0.2) is 26.7 Å². The van der Waals surface area contributed by atoms with Crippen molar-refractivity contribution in [3.63, 3.8) is 0 Å². The van der Waals surface area contributed by atoms with E-state index in [1.165, 1.54) is 0 Å². The summed E-state index contributed by atoms with van der Waals surface area (Å²) >= 11 is 0. The molecular weight excluding hydrogens is 256 g/mol. The van der Waals surface area contributed by atoms with Gasteiger partial charge < -0.3 is 14.4 Å². The van der Waals surface area contributed by atoms with Gasteiger partial charge in [0.1, 0.15) is 5.75 Å². The van der Waals surface area contributed by atoms with Crippen LogP contribution in [0.2, 0.25) is 0 Å². The van der Waals surface area contributed by atoms with Gasteiger partial charge in [0.2, 0.25) is 0 Å². The van der Waals surface area contributed by atoms with Gasteiger partial charge in [0.15, 0.2) is 0 Å². The molecule has 1 heterocycles. The number of carboxylic acids is 1. The highest BCUT2D eigenvalue weighted by Gasteiger charge is 2.12. The quantitative estimate of drug-likeness (QED) is 0.910. The van der Waals surface area contributed by atoms with Crippen molar-refractivity contribution in [1.82, 2.24) is 9.55 Å². The molecule has 0 atom stereocenters. The Morgan fingerprint density at radius 1 is 1.35 bits per heavy atom. The molecule has 1 aromatic heterocycles. The third-order valence-corrected chi connectivity index (χ3v) is 2.88. The number of rotatable bonds is 5. The van der Waals surface area contributed by atoms with Gasteiger partial charge in [-0.2, -0.15) is 0 Å². The van der Waals surface area contributed by atoms with Crippen LogP contribution in [0.25, 0.3) is 5.69 Å². The van der Waals surface area contributed by atoms with Crippen LogP contribution in [-0.2, 0) is 11.2 Å². The van der Waals surface area contributed by atoms with Crippen molar-refractivity contribution >= 4 is 5.97 Å². The molecule has 2 rings (SSSR count). The number of aliphatic carboxylic acids is 1. The SMILES string of the molecule is Cc1ncn(-c2ccc(OC(C)C)cc2)c1CC(=O)O. The first-order valence-electron chi connectivity index (χ1n) is 6.49. The molecule has 0 amide bonds. The van der Waals surface area contributed by atoms with Gasteiger partial charge in [-0.25, -0.2) is 4.98 Å². The van der Waals surface area contributed by atoms with Crippen molar-refractivity contribution in [2.45, 2.75) is 33.3 Å². The number of aryl methyl sites for hydroxylation is 1. The minimum absolute atomic E-state index is 0.0456. The summed E-state index contributed by atoms with van der Waals surface area (Å²) in [5, 5.41) is 8.96. The molecule has 20 heavy (non-hydrogen) atoms. The lowest BCUT2D eigenvalue weighted by Gasteiger charge is -2.11. The molecule has 0 fully saturated rings. The number of ether oxygens (including phenoxy) is 1. The lowest BCUT2D eigenvalue weighted by Crippen LogP contribution is -2.08. The Bertz CT molecular complexity index is 600. The summed E-state index contributed by atoms with van der Waals surface area (Å²) in [4.78, 5) is 15.1. The highest BCUT2D eigenvalue weighted by atomic mass is 16.5. The van der Waals surface area contributed by atoms with Gasteiger partial charge in [0.05, 0.1) is 30.2 Å². The first kappa shape index (κ1) is 14.1. The zero-order chi connectivity index (χ0) is 14.7. The Balaban J connectivity index is 2.30. The van der Waals surface area contributed by atoms with Crippen molar-refractivity contribution in [3.05, 3.63) is 42.0 Å². The molecule has 0 aliphatic heterocycles. The van der Waals surface area contributed by atoms with E-state index in [1.807, 2.05) is 45.0 Å². The van der Waals surface area contributed by atoms with E-state index in [0.717, 1.165) is 17.1 Å². The lowest BCUT2D eigenvalue weighted by molar-refractivity contribution is -0.136. The van der Waals surface area contributed by atoms with Crippen molar-refractivity contribution < 1.29 is 14.6 Å². The molecule has 0 aliphatic carbocycles. The Morgan fingerprint density at radius 2 is 2.00 bits per heavy atom. The Hall–Kier alpha value is -2.30. The minimum atomic E-state index is -0.866. The van der Waals surface area contributed by atoms with Crippen molar-refractivity contribution in [1.29, 1.82) is 0 Å².